The molecule has 7 nitrogen and oxygen atoms in total. The quantitative estimate of drug-likeness (QED) is 0.661. The van der Waals surface area contributed by atoms with Crippen molar-refractivity contribution in [1.29, 1.82) is 0 Å². The second-order valence-electron chi connectivity index (χ2n) is 3.48. The molecule has 0 aromatic heterocycles. The largest absolute Gasteiger partial charge is 0.478 e. The van der Waals surface area contributed by atoms with Gasteiger partial charge in [0.1, 0.15) is 0 Å². The second kappa shape index (κ2) is 6.74. The zero-order valence-corrected chi connectivity index (χ0v) is 11.6. The lowest BCUT2D eigenvalue weighted by atomic mass is 10.2. The van der Waals surface area contributed by atoms with Gasteiger partial charge >= 0.3 is 12.0 Å². The first-order valence-corrected chi connectivity index (χ1v) is 6.01. The number of carbonyl (C=O) groups is 3. The highest BCUT2D eigenvalue weighted by Crippen LogP contribution is 2.21. The van der Waals surface area contributed by atoms with E-state index in [1.165, 1.54) is 19.2 Å². The number of carboxylic acids is 1. The molecule has 0 aliphatic heterocycles. The topological polar surface area (TPSA) is 108 Å². The molecule has 1 aromatic rings. The van der Waals surface area contributed by atoms with E-state index >= 15 is 0 Å². The lowest BCUT2D eigenvalue weighted by Gasteiger charge is -2.10. The van der Waals surface area contributed by atoms with Crippen molar-refractivity contribution in [3.63, 3.8) is 0 Å². The molecule has 0 aliphatic carbocycles. The molecular weight excluding hydrogens is 318 g/mol. The summed E-state index contributed by atoms with van der Waals surface area (Å²) in [6, 6.07) is 3.71. The van der Waals surface area contributed by atoms with E-state index in [9.17, 15) is 14.4 Å². The highest BCUT2D eigenvalue weighted by molar-refractivity contribution is 9.10. The van der Waals surface area contributed by atoms with Gasteiger partial charge in [-0.1, -0.05) is 15.9 Å². The van der Waals surface area contributed by atoms with Gasteiger partial charge in [0, 0.05) is 11.5 Å². The van der Waals surface area contributed by atoms with E-state index in [0.717, 1.165) is 0 Å². The van der Waals surface area contributed by atoms with Crippen LogP contribution in [-0.4, -0.2) is 36.6 Å². The van der Waals surface area contributed by atoms with Crippen LogP contribution in [0.5, 0.6) is 0 Å². The fourth-order valence-corrected chi connectivity index (χ4v) is 1.58. The molecule has 19 heavy (non-hydrogen) atoms. The molecule has 0 aliphatic rings. The van der Waals surface area contributed by atoms with Gasteiger partial charge in [-0.2, -0.15) is 0 Å². The summed E-state index contributed by atoms with van der Waals surface area (Å²) in [4.78, 5) is 33.4. The number of likely N-dealkylation sites (N-methyl/N-ethyl adjacent to an activating group) is 1. The van der Waals surface area contributed by atoms with E-state index < -0.39 is 12.0 Å². The van der Waals surface area contributed by atoms with Crippen molar-refractivity contribution >= 4 is 39.5 Å². The van der Waals surface area contributed by atoms with Gasteiger partial charge in [-0.15, -0.1) is 0 Å². The van der Waals surface area contributed by atoms with Gasteiger partial charge in [0.2, 0.25) is 5.91 Å². The van der Waals surface area contributed by atoms with Crippen molar-refractivity contribution in [3.8, 4) is 0 Å². The first-order chi connectivity index (χ1) is 8.93. The molecule has 0 saturated carbocycles. The van der Waals surface area contributed by atoms with E-state index in [4.69, 9.17) is 5.11 Å². The van der Waals surface area contributed by atoms with Crippen LogP contribution in [0.3, 0.4) is 0 Å². The summed E-state index contributed by atoms with van der Waals surface area (Å²) in [6.45, 7) is -0.196. The summed E-state index contributed by atoms with van der Waals surface area (Å²) in [5.74, 6) is -1.52. The molecule has 102 valence electrons. The average molecular weight is 330 g/mol. The standard InChI is InChI=1S/C11H12BrN3O4/c1-13-9(16)5-14-11(19)15-8-4-6(12)2-3-7(8)10(17)18/h2-4H,5H2,1H3,(H,13,16)(H,17,18)(H2,14,15,19). The Morgan fingerprint density at radius 2 is 2.00 bits per heavy atom. The number of hydrogen-bond acceptors (Lipinski definition) is 3. The van der Waals surface area contributed by atoms with Gasteiger partial charge < -0.3 is 21.1 Å². The smallest absolute Gasteiger partial charge is 0.337 e. The molecule has 8 heteroatoms. The van der Waals surface area contributed by atoms with Crippen LogP contribution in [0.2, 0.25) is 0 Å². The highest BCUT2D eigenvalue weighted by atomic mass is 79.9. The minimum absolute atomic E-state index is 0.0432. The minimum Gasteiger partial charge on any atom is -0.478 e. The molecule has 0 saturated heterocycles. The molecule has 3 amide bonds. The molecule has 0 atom stereocenters. The Morgan fingerprint density at radius 3 is 2.58 bits per heavy atom. The number of benzene rings is 1. The molecule has 0 radical (unpaired) electrons. The molecule has 1 aromatic carbocycles. The van der Waals surface area contributed by atoms with Crippen molar-refractivity contribution in [1.82, 2.24) is 10.6 Å². The van der Waals surface area contributed by atoms with Crippen molar-refractivity contribution in [2.75, 3.05) is 18.9 Å². The second-order valence-corrected chi connectivity index (χ2v) is 4.39. The Balaban J connectivity index is 2.75. The monoisotopic (exact) mass is 329 g/mol. The lowest BCUT2D eigenvalue weighted by molar-refractivity contribution is -0.119. The fraction of sp³-hybridized carbons (Fsp3) is 0.182. The van der Waals surface area contributed by atoms with Crippen LogP contribution in [0.25, 0.3) is 0 Å². The van der Waals surface area contributed by atoms with E-state index in [1.54, 1.807) is 6.07 Å². The fourth-order valence-electron chi connectivity index (χ4n) is 1.22. The lowest BCUT2D eigenvalue weighted by Crippen LogP contribution is -2.37. The maximum Gasteiger partial charge on any atom is 0.337 e. The number of rotatable bonds is 4. The normalized spacial score (nSPS) is 9.58. The van der Waals surface area contributed by atoms with Gasteiger partial charge in [0.05, 0.1) is 17.8 Å². The molecule has 0 heterocycles. The number of nitrogens with one attached hydrogen (secondary N) is 3. The van der Waals surface area contributed by atoms with Gasteiger partial charge in [-0.05, 0) is 18.2 Å². The van der Waals surface area contributed by atoms with Crippen molar-refractivity contribution < 1.29 is 19.5 Å². The predicted octanol–water partition coefficient (Wildman–Crippen LogP) is 1.01. The van der Waals surface area contributed by atoms with Crippen molar-refractivity contribution in [2.24, 2.45) is 0 Å². The molecule has 0 unspecified atom stereocenters. The summed E-state index contributed by atoms with van der Waals surface area (Å²) in [5.41, 5.74) is 0.0922. The SMILES string of the molecule is CNC(=O)CNC(=O)Nc1cc(Br)ccc1C(=O)O. The van der Waals surface area contributed by atoms with Gasteiger partial charge in [0.15, 0.2) is 0 Å². The average Bonchev–Trinajstić information content (AvgIpc) is 2.35. The number of urea groups is 1. The van der Waals surface area contributed by atoms with Gasteiger partial charge in [-0.3, -0.25) is 4.79 Å². The molecule has 1 rings (SSSR count). The molecular formula is C11H12BrN3O4. The van der Waals surface area contributed by atoms with Crippen LogP contribution < -0.4 is 16.0 Å². The molecule has 4 N–H and O–H groups in total. The first-order valence-electron chi connectivity index (χ1n) is 5.22. The first kappa shape index (κ1) is 15.0. The Kier molecular flexibility index (Phi) is 5.31. The number of aromatic carboxylic acids is 1. The van der Waals surface area contributed by atoms with Crippen LogP contribution in [-0.2, 0) is 4.79 Å². The number of hydrogen-bond donors (Lipinski definition) is 4. The summed E-state index contributed by atoms with van der Waals surface area (Å²) < 4.78 is 0.624. The third kappa shape index (κ3) is 4.59. The molecule has 0 spiro atoms. The third-order valence-corrected chi connectivity index (χ3v) is 2.64. The summed E-state index contributed by atoms with van der Waals surface area (Å²) in [7, 11) is 1.44. The maximum atomic E-state index is 11.5. The number of halogens is 1. The number of carbonyl (C=O) groups excluding carboxylic acids is 2. The summed E-state index contributed by atoms with van der Waals surface area (Å²) >= 11 is 3.18. The molecule has 0 fully saturated rings. The Bertz CT molecular complexity index is 519. The van der Waals surface area contributed by atoms with E-state index in [0.29, 0.717) is 4.47 Å². The number of anilines is 1. The Hall–Kier alpha value is -2.09. The highest BCUT2D eigenvalue weighted by Gasteiger charge is 2.13. The van der Waals surface area contributed by atoms with Crippen molar-refractivity contribution in [3.05, 3.63) is 28.2 Å². The Morgan fingerprint density at radius 1 is 1.32 bits per heavy atom. The van der Waals surface area contributed by atoms with Crippen LogP contribution >= 0.6 is 15.9 Å². The summed E-state index contributed by atoms with van der Waals surface area (Å²) in [5, 5.41) is 16.0. The summed E-state index contributed by atoms with van der Waals surface area (Å²) in [6.07, 6.45) is 0. The maximum absolute atomic E-state index is 11.5. The van der Waals surface area contributed by atoms with Crippen LogP contribution in [0.4, 0.5) is 10.5 Å². The van der Waals surface area contributed by atoms with Gasteiger partial charge in [0.25, 0.3) is 0 Å². The zero-order valence-electron chi connectivity index (χ0n) is 9.99. The number of carboxylic acid groups (broad SMARTS) is 1. The van der Waals surface area contributed by atoms with E-state index in [1.807, 2.05) is 0 Å². The third-order valence-electron chi connectivity index (χ3n) is 2.15. The van der Waals surface area contributed by atoms with Crippen LogP contribution in [0.1, 0.15) is 10.4 Å². The Labute approximate surface area is 117 Å². The van der Waals surface area contributed by atoms with E-state index in [-0.39, 0.29) is 23.7 Å². The van der Waals surface area contributed by atoms with Crippen LogP contribution in [0.15, 0.2) is 22.7 Å². The van der Waals surface area contributed by atoms with Crippen LogP contribution in [0, 0.1) is 0 Å². The number of amides is 3. The zero-order chi connectivity index (χ0) is 14.4. The predicted molar refractivity (Wildman–Crippen MR) is 72.2 cm³/mol. The minimum atomic E-state index is -1.16. The molecule has 0 bridgehead atoms. The van der Waals surface area contributed by atoms with Crippen molar-refractivity contribution in [2.45, 2.75) is 0 Å². The van der Waals surface area contributed by atoms with E-state index in [2.05, 4.69) is 31.9 Å². The van der Waals surface area contributed by atoms with Gasteiger partial charge in [-0.25, -0.2) is 9.59 Å².